The minimum atomic E-state index is -1.12. The van der Waals surface area contributed by atoms with Crippen LogP contribution in [0, 0.1) is 23.0 Å². The van der Waals surface area contributed by atoms with Crippen LogP contribution in [0.15, 0.2) is 23.6 Å². The number of rotatable bonds is 6. The third-order valence-corrected chi connectivity index (χ3v) is 4.28. The molecule has 0 aliphatic heterocycles. The lowest BCUT2D eigenvalue weighted by molar-refractivity contribution is -0.129. The molecule has 2 aromatic rings. The maximum Gasteiger partial charge on any atom is 0.185 e. The molecule has 1 aromatic heterocycles. The van der Waals surface area contributed by atoms with Gasteiger partial charge in [-0.3, -0.25) is 4.79 Å². The average molecular weight is 336 g/mol. The molecule has 1 aromatic carbocycles. The lowest BCUT2D eigenvalue weighted by Crippen LogP contribution is -2.27. The topological polar surface area (TPSA) is 63.0 Å². The number of thiazole rings is 1. The number of ether oxygens (including phenoxy) is 1. The Bertz CT molecular complexity index is 731. The Kier molecular flexibility index (Phi) is 5.53. The molecule has 0 unspecified atom stereocenters. The van der Waals surface area contributed by atoms with E-state index in [9.17, 15) is 18.8 Å². The number of carbonyl (C=O) groups excluding carboxylic acids is 1. The number of nitriles is 1. The van der Waals surface area contributed by atoms with E-state index in [0.717, 1.165) is 23.5 Å². The first-order valence-electron chi connectivity index (χ1n) is 6.89. The second-order valence-corrected chi connectivity index (χ2v) is 5.65. The summed E-state index contributed by atoms with van der Waals surface area (Å²) < 4.78 is 32.6. The van der Waals surface area contributed by atoms with Gasteiger partial charge < -0.3 is 4.74 Å². The van der Waals surface area contributed by atoms with Gasteiger partial charge in [-0.1, -0.05) is 13.0 Å². The van der Waals surface area contributed by atoms with Crippen molar-refractivity contribution < 1.29 is 18.3 Å². The van der Waals surface area contributed by atoms with Gasteiger partial charge >= 0.3 is 0 Å². The molecule has 0 bridgehead atoms. The van der Waals surface area contributed by atoms with E-state index in [4.69, 9.17) is 4.74 Å². The molecular formula is C16H14F2N2O2S. The predicted molar refractivity (Wildman–Crippen MR) is 81.9 cm³/mol. The molecule has 0 amide bonds. The lowest BCUT2D eigenvalue weighted by atomic mass is 10.00. The Balaban J connectivity index is 2.38. The zero-order valence-electron chi connectivity index (χ0n) is 12.5. The highest BCUT2D eigenvalue weighted by Gasteiger charge is 2.30. The van der Waals surface area contributed by atoms with Gasteiger partial charge in [-0.25, -0.2) is 13.8 Å². The molecule has 23 heavy (non-hydrogen) atoms. The molecule has 2 atom stereocenters. The van der Waals surface area contributed by atoms with E-state index >= 15 is 0 Å². The van der Waals surface area contributed by atoms with Crippen LogP contribution < -0.4 is 0 Å². The second-order valence-electron chi connectivity index (χ2n) is 4.76. The summed E-state index contributed by atoms with van der Waals surface area (Å²) in [5.41, 5.74) is -0.197. The monoisotopic (exact) mass is 336 g/mol. The number of methoxy groups -OCH3 is 1. The van der Waals surface area contributed by atoms with Crippen LogP contribution in [0.5, 0.6) is 0 Å². The number of benzene rings is 1. The molecule has 0 aliphatic carbocycles. The van der Waals surface area contributed by atoms with Crippen molar-refractivity contribution in [3.8, 4) is 17.3 Å². The molecule has 0 aliphatic rings. The first kappa shape index (κ1) is 17.2. The maximum atomic E-state index is 13.8. The summed E-state index contributed by atoms with van der Waals surface area (Å²) in [6.45, 7) is 1.77. The number of carbonyl (C=O) groups is 1. The van der Waals surface area contributed by atoms with Crippen LogP contribution in [0.4, 0.5) is 8.78 Å². The highest BCUT2D eigenvalue weighted by atomic mass is 32.1. The van der Waals surface area contributed by atoms with Crippen molar-refractivity contribution in [1.29, 1.82) is 5.26 Å². The Hall–Kier alpha value is -2.17. The number of halogens is 2. The Morgan fingerprint density at radius 3 is 2.61 bits per heavy atom. The van der Waals surface area contributed by atoms with Gasteiger partial charge in [-0.15, -0.1) is 11.3 Å². The van der Waals surface area contributed by atoms with Gasteiger partial charge in [0.05, 0.1) is 17.3 Å². The lowest BCUT2D eigenvalue weighted by Gasteiger charge is -2.13. The largest absolute Gasteiger partial charge is 0.374 e. The number of nitrogens with zero attached hydrogens (tertiary/aromatic N) is 2. The zero-order valence-corrected chi connectivity index (χ0v) is 13.4. The Labute approximate surface area is 136 Å². The number of ketones is 1. The van der Waals surface area contributed by atoms with E-state index in [1.54, 1.807) is 6.92 Å². The normalized spacial score (nSPS) is 13.3. The quantitative estimate of drug-likeness (QED) is 0.807. The summed E-state index contributed by atoms with van der Waals surface area (Å²) in [5, 5.41) is 10.9. The van der Waals surface area contributed by atoms with Crippen LogP contribution in [-0.2, 0) is 9.53 Å². The summed E-state index contributed by atoms with van der Waals surface area (Å²) >= 11 is 1.02. The van der Waals surface area contributed by atoms with Crippen LogP contribution >= 0.6 is 11.3 Å². The molecule has 0 N–H and O–H groups in total. The van der Waals surface area contributed by atoms with E-state index in [2.05, 4.69) is 4.98 Å². The summed E-state index contributed by atoms with van der Waals surface area (Å²) in [4.78, 5) is 16.4. The maximum absolute atomic E-state index is 13.8. The molecule has 4 nitrogen and oxygen atoms in total. The molecule has 1 heterocycles. The molecule has 2 rings (SSSR count). The first-order chi connectivity index (χ1) is 11.0. The van der Waals surface area contributed by atoms with Gasteiger partial charge in [0.2, 0.25) is 0 Å². The van der Waals surface area contributed by atoms with Crippen LogP contribution in [0.3, 0.4) is 0 Å². The minimum absolute atomic E-state index is 0.0686. The summed E-state index contributed by atoms with van der Waals surface area (Å²) in [6.07, 6.45) is -0.287. The van der Waals surface area contributed by atoms with E-state index in [-0.39, 0.29) is 16.3 Å². The van der Waals surface area contributed by atoms with Crippen LogP contribution in [0.25, 0.3) is 11.3 Å². The second kappa shape index (κ2) is 7.40. The summed E-state index contributed by atoms with van der Waals surface area (Å²) in [5.74, 6) is -3.02. The van der Waals surface area contributed by atoms with Crippen molar-refractivity contribution in [1.82, 2.24) is 4.98 Å². The van der Waals surface area contributed by atoms with Gasteiger partial charge in [0.1, 0.15) is 22.7 Å². The smallest absolute Gasteiger partial charge is 0.185 e. The van der Waals surface area contributed by atoms with E-state index in [1.807, 2.05) is 6.07 Å². The van der Waals surface area contributed by atoms with Crippen LogP contribution in [0.1, 0.15) is 24.3 Å². The van der Waals surface area contributed by atoms with E-state index < -0.39 is 29.4 Å². The highest BCUT2D eigenvalue weighted by molar-refractivity contribution is 7.10. The van der Waals surface area contributed by atoms with Crippen molar-refractivity contribution in [2.45, 2.75) is 25.4 Å². The van der Waals surface area contributed by atoms with E-state index in [1.165, 1.54) is 18.6 Å². The SMILES string of the molecule is CC[C@H](OC)C(=O)[C@H](C#N)c1nc(-c2c(F)cccc2F)cs1. The molecule has 0 fully saturated rings. The third-order valence-electron chi connectivity index (χ3n) is 3.37. The van der Waals surface area contributed by atoms with Gasteiger partial charge in [0.25, 0.3) is 0 Å². The highest BCUT2D eigenvalue weighted by Crippen LogP contribution is 2.31. The number of hydrogen-bond acceptors (Lipinski definition) is 5. The van der Waals surface area contributed by atoms with Gasteiger partial charge in [0.15, 0.2) is 11.7 Å². The molecule has 0 saturated carbocycles. The first-order valence-corrected chi connectivity index (χ1v) is 7.77. The van der Waals surface area contributed by atoms with Crippen LogP contribution in [0.2, 0.25) is 0 Å². The van der Waals surface area contributed by atoms with Crippen molar-refractivity contribution in [2.24, 2.45) is 0 Å². The molecule has 0 radical (unpaired) electrons. The fourth-order valence-corrected chi connectivity index (χ4v) is 3.05. The van der Waals surface area contributed by atoms with Gasteiger partial charge in [0, 0.05) is 12.5 Å². The number of aromatic nitrogens is 1. The zero-order chi connectivity index (χ0) is 17.0. The minimum Gasteiger partial charge on any atom is -0.374 e. The van der Waals surface area contributed by atoms with Gasteiger partial charge in [-0.2, -0.15) is 5.26 Å². The van der Waals surface area contributed by atoms with Gasteiger partial charge in [-0.05, 0) is 18.6 Å². The number of Topliss-reactive ketones (excluding diaryl/α,β-unsaturated/α-hetero) is 1. The number of hydrogen-bond donors (Lipinski definition) is 0. The molecule has 120 valence electrons. The molecular weight excluding hydrogens is 322 g/mol. The molecule has 7 heteroatoms. The third kappa shape index (κ3) is 3.44. The van der Waals surface area contributed by atoms with Crippen molar-refractivity contribution in [3.05, 3.63) is 40.2 Å². The molecule has 0 saturated heterocycles. The average Bonchev–Trinajstić information content (AvgIpc) is 2.98. The standard InChI is InChI=1S/C16H14F2N2O2S/c1-3-13(22-2)15(21)9(7-19)16-20-12(8-23-16)14-10(17)5-4-6-11(14)18/h4-6,8-9,13H,3H2,1-2H3/t9-,13-/m0/s1. The fraction of sp³-hybridized carbons (Fsp3) is 0.312. The van der Waals surface area contributed by atoms with Crippen molar-refractivity contribution in [3.63, 3.8) is 0 Å². The molecule has 0 spiro atoms. The Morgan fingerprint density at radius 1 is 1.43 bits per heavy atom. The van der Waals surface area contributed by atoms with Crippen molar-refractivity contribution >= 4 is 17.1 Å². The van der Waals surface area contributed by atoms with E-state index in [0.29, 0.717) is 6.42 Å². The Morgan fingerprint density at radius 2 is 2.09 bits per heavy atom. The summed E-state index contributed by atoms with van der Waals surface area (Å²) in [7, 11) is 1.39. The van der Waals surface area contributed by atoms with Crippen LogP contribution in [-0.4, -0.2) is 24.0 Å². The summed E-state index contributed by atoms with van der Waals surface area (Å²) in [6, 6.07) is 5.40. The predicted octanol–water partition coefficient (Wildman–Crippen LogP) is 3.69. The fourth-order valence-electron chi connectivity index (χ4n) is 2.19. The van der Waals surface area contributed by atoms with Crippen molar-refractivity contribution in [2.75, 3.05) is 7.11 Å².